The van der Waals surface area contributed by atoms with E-state index in [-0.39, 0.29) is 24.3 Å². The fourth-order valence-corrected chi connectivity index (χ4v) is 8.04. The zero-order valence-electron chi connectivity index (χ0n) is 27.3. The van der Waals surface area contributed by atoms with Gasteiger partial charge in [0.15, 0.2) is 6.61 Å². The minimum Gasteiger partial charge on any atom is -0.439 e. The SMILES string of the molecule is CN1Cc2c(Cl)cc(Cl)cc2[C@H](c2ccccc2N2C(=O)COC2=O)C1.CN1Cc2c(Cl)cc(Cl)cc2[C@H](c2ccccc2NC(=O)CO)C1. The first kappa shape index (κ1) is 36.1. The molecule has 3 aliphatic heterocycles. The topological polar surface area (TPSA) is 102 Å². The number of cyclic esters (lactones) is 1. The first-order valence-corrected chi connectivity index (χ1v) is 17.4. The van der Waals surface area contributed by atoms with E-state index in [1.54, 1.807) is 24.3 Å². The number of fused-ring (bicyclic) bond motifs is 2. The number of carbonyl (C=O) groups is 3. The van der Waals surface area contributed by atoms with Gasteiger partial charge in [0.25, 0.3) is 5.91 Å². The number of para-hydroxylation sites is 2. The minimum absolute atomic E-state index is 0.0325. The number of likely N-dealkylation sites (N-methyl/N-ethyl adjacent to an activating group) is 2. The van der Waals surface area contributed by atoms with Crippen LogP contribution in [0.15, 0.2) is 72.8 Å². The summed E-state index contributed by atoms with van der Waals surface area (Å²) in [5, 5.41) is 14.2. The highest BCUT2D eigenvalue weighted by Crippen LogP contribution is 2.43. The number of halogens is 4. The molecule has 1 fully saturated rings. The summed E-state index contributed by atoms with van der Waals surface area (Å²) in [6, 6.07) is 22.4. The molecule has 0 spiro atoms. The van der Waals surface area contributed by atoms with E-state index in [4.69, 9.17) is 56.2 Å². The van der Waals surface area contributed by atoms with Crippen LogP contribution >= 0.6 is 46.4 Å². The fourth-order valence-electron chi connectivity index (χ4n) is 6.90. The summed E-state index contributed by atoms with van der Waals surface area (Å²) in [5.41, 5.74) is 7.25. The lowest BCUT2D eigenvalue weighted by Crippen LogP contribution is -2.34. The van der Waals surface area contributed by atoms with Crippen LogP contribution in [0.2, 0.25) is 20.1 Å². The van der Waals surface area contributed by atoms with Crippen LogP contribution in [0.3, 0.4) is 0 Å². The van der Waals surface area contributed by atoms with Gasteiger partial charge in [0, 0.05) is 63.8 Å². The fraction of sp³-hybridized carbons (Fsp3) is 0.270. The number of aliphatic hydroxyl groups is 1. The van der Waals surface area contributed by atoms with Crippen LogP contribution in [0.4, 0.5) is 16.2 Å². The van der Waals surface area contributed by atoms with E-state index in [9.17, 15) is 14.4 Å². The maximum atomic E-state index is 12.2. The molecule has 13 heteroatoms. The number of carbonyl (C=O) groups excluding carboxylic acids is 3. The Hall–Kier alpha value is -3.67. The van der Waals surface area contributed by atoms with E-state index in [0.717, 1.165) is 57.9 Å². The Morgan fingerprint density at radius 1 is 0.780 bits per heavy atom. The van der Waals surface area contributed by atoms with Gasteiger partial charge >= 0.3 is 6.09 Å². The Morgan fingerprint density at radius 2 is 1.30 bits per heavy atom. The van der Waals surface area contributed by atoms with E-state index in [1.165, 1.54) is 0 Å². The van der Waals surface area contributed by atoms with Gasteiger partial charge in [-0.3, -0.25) is 9.59 Å². The Balaban J connectivity index is 0.000000174. The van der Waals surface area contributed by atoms with Gasteiger partial charge in [0.2, 0.25) is 5.91 Å². The van der Waals surface area contributed by atoms with Crippen molar-refractivity contribution in [2.75, 3.05) is 50.6 Å². The molecule has 2 atom stereocenters. The highest BCUT2D eigenvalue weighted by molar-refractivity contribution is 6.36. The van der Waals surface area contributed by atoms with Crippen molar-refractivity contribution in [3.63, 3.8) is 0 Å². The summed E-state index contributed by atoms with van der Waals surface area (Å²) in [6.07, 6.45) is -0.643. The minimum atomic E-state index is -0.643. The lowest BCUT2D eigenvalue weighted by molar-refractivity contribution is -0.119. The number of hydrogen-bond acceptors (Lipinski definition) is 7. The number of anilines is 2. The maximum absolute atomic E-state index is 12.2. The number of imide groups is 1. The van der Waals surface area contributed by atoms with Gasteiger partial charge in [-0.25, -0.2) is 9.69 Å². The van der Waals surface area contributed by atoms with Crippen LogP contribution in [0.5, 0.6) is 0 Å². The summed E-state index contributed by atoms with van der Waals surface area (Å²) in [6.45, 7) is 2.20. The summed E-state index contributed by atoms with van der Waals surface area (Å²) in [5.74, 6) is -0.838. The normalized spacial score (nSPS) is 18.9. The molecule has 3 aliphatic rings. The van der Waals surface area contributed by atoms with Gasteiger partial charge in [0.1, 0.15) is 6.61 Å². The third-order valence-corrected chi connectivity index (χ3v) is 10.2. The Kier molecular flexibility index (Phi) is 11.0. The molecule has 4 aromatic rings. The van der Waals surface area contributed by atoms with Gasteiger partial charge in [-0.05, 0) is 83.9 Å². The van der Waals surface area contributed by atoms with Crippen molar-refractivity contribution in [1.29, 1.82) is 0 Å². The van der Waals surface area contributed by atoms with Crippen molar-refractivity contribution < 1.29 is 24.2 Å². The first-order chi connectivity index (χ1) is 23.9. The summed E-state index contributed by atoms with van der Waals surface area (Å²) in [7, 11) is 4.05. The molecule has 0 bridgehead atoms. The largest absolute Gasteiger partial charge is 0.439 e. The lowest BCUT2D eigenvalue weighted by Gasteiger charge is -2.34. The van der Waals surface area contributed by atoms with E-state index in [0.29, 0.717) is 38.0 Å². The Morgan fingerprint density at radius 3 is 1.84 bits per heavy atom. The third kappa shape index (κ3) is 7.50. The number of nitrogens with zero attached hydrogens (tertiary/aromatic N) is 3. The average molecular weight is 757 g/mol. The smallest absolute Gasteiger partial charge is 0.421 e. The number of aliphatic hydroxyl groups excluding tert-OH is 1. The summed E-state index contributed by atoms with van der Waals surface area (Å²) < 4.78 is 4.89. The number of ether oxygens (including phenoxy) is 1. The molecule has 1 saturated heterocycles. The molecule has 260 valence electrons. The van der Waals surface area contributed by atoms with Crippen molar-refractivity contribution in [3.8, 4) is 0 Å². The van der Waals surface area contributed by atoms with Gasteiger partial charge in [-0.1, -0.05) is 82.8 Å². The quantitative estimate of drug-likeness (QED) is 0.217. The number of rotatable bonds is 5. The van der Waals surface area contributed by atoms with Crippen molar-refractivity contribution in [2.45, 2.75) is 24.9 Å². The van der Waals surface area contributed by atoms with Gasteiger partial charge in [-0.2, -0.15) is 0 Å². The van der Waals surface area contributed by atoms with E-state index < -0.39 is 18.6 Å². The monoisotopic (exact) mass is 754 g/mol. The van der Waals surface area contributed by atoms with E-state index >= 15 is 0 Å². The maximum Gasteiger partial charge on any atom is 0.421 e. The van der Waals surface area contributed by atoms with Crippen LogP contribution in [0, 0.1) is 0 Å². The molecule has 0 unspecified atom stereocenters. The van der Waals surface area contributed by atoms with Crippen molar-refractivity contribution >= 4 is 75.7 Å². The molecule has 0 radical (unpaired) electrons. The van der Waals surface area contributed by atoms with Gasteiger partial charge in [-0.15, -0.1) is 0 Å². The molecule has 3 amide bonds. The molecule has 50 heavy (non-hydrogen) atoms. The number of benzene rings is 4. The molecule has 0 saturated carbocycles. The predicted molar refractivity (Wildman–Crippen MR) is 197 cm³/mol. The summed E-state index contributed by atoms with van der Waals surface area (Å²) >= 11 is 25.3. The molecule has 0 aliphatic carbocycles. The zero-order valence-corrected chi connectivity index (χ0v) is 30.3. The van der Waals surface area contributed by atoms with Crippen LogP contribution < -0.4 is 10.2 Å². The highest BCUT2D eigenvalue weighted by Gasteiger charge is 2.37. The van der Waals surface area contributed by atoms with Crippen molar-refractivity contribution in [1.82, 2.24) is 9.80 Å². The number of nitrogens with one attached hydrogen (secondary N) is 1. The average Bonchev–Trinajstić information content (AvgIpc) is 3.42. The molecule has 0 aromatic heterocycles. The van der Waals surface area contributed by atoms with Crippen molar-refractivity contribution in [3.05, 3.63) is 126 Å². The Bertz CT molecular complexity index is 1960. The molecule has 7 rings (SSSR count). The molecule has 3 heterocycles. The zero-order chi connectivity index (χ0) is 35.7. The van der Waals surface area contributed by atoms with Crippen LogP contribution in [0.25, 0.3) is 0 Å². The molecular weight excluding hydrogens is 722 g/mol. The van der Waals surface area contributed by atoms with E-state index in [2.05, 4.69) is 15.1 Å². The standard InChI is InChI=1S/C19H16Cl2N2O3.C18H18Cl2N2O2/c1-22-8-14(13-6-11(20)7-16(21)15(13)9-22)12-4-2-3-5-17(12)23-18(24)10-26-19(23)25;1-22-8-14(13-6-11(19)7-16(20)15(13)9-22)12-4-2-3-5-17(12)21-18(24)10-23/h2-7,14H,8-10H2,1H3;2-7,14,23H,8-10H2,1H3,(H,21,24)/t2*14-/m00/s1. The first-order valence-electron chi connectivity index (χ1n) is 15.9. The van der Waals surface area contributed by atoms with Crippen LogP contribution in [-0.4, -0.2) is 73.2 Å². The second-order valence-electron chi connectivity index (χ2n) is 12.5. The number of amides is 3. The lowest BCUT2D eigenvalue weighted by atomic mass is 9.83. The third-order valence-electron chi connectivity index (χ3n) is 9.04. The van der Waals surface area contributed by atoms with Crippen molar-refractivity contribution in [2.24, 2.45) is 0 Å². The van der Waals surface area contributed by atoms with Crippen LogP contribution in [-0.2, 0) is 27.4 Å². The predicted octanol–water partition coefficient (Wildman–Crippen LogP) is 7.56. The Labute approximate surface area is 310 Å². The van der Waals surface area contributed by atoms with E-state index in [1.807, 2.05) is 62.6 Å². The molecule has 4 aromatic carbocycles. The highest BCUT2D eigenvalue weighted by atomic mass is 35.5. The number of hydrogen-bond donors (Lipinski definition) is 2. The van der Waals surface area contributed by atoms with Crippen LogP contribution in [0.1, 0.15) is 45.2 Å². The molecular formula is C37H34Cl4N4O5. The molecule has 9 nitrogen and oxygen atoms in total. The summed E-state index contributed by atoms with van der Waals surface area (Å²) in [4.78, 5) is 41.3. The van der Waals surface area contributed by atoms with Gasteiger partial charge < -0.3 is 25.0 Å². The second kappa shape index (κ2) is 15.3. The molecule has 2 N–H and O–H groups in total. The second-order valence-corrected chi connectivity index (χ2v) is 14.2. The van der Waals surface area contributed by atoms with Gasteiger partial charge in [0.05, 0.1) is 5.69 Å².